The summed E-state index contributed by atoms with van der Waals surface area (Å²) in [6, 6.07) is 6.90. The van der Waals surface area contributed by atoms with Crippen LogP contribution in [0.25, 0.3) is 0 Å². The van der Waals surface area contributed by atoms with Crippen molar-refractivity contribution in [1.29, 1.82) is 0 Å². The molecular weight excluding hydrogens is 272 g/mol. The van der Waals surface area contributed by atoms with Crippen LogP contribution in [0.4, 0.5) is 5.69 Å². The van der Waals surface area contributed by atoms with Gasteiger partial charge in [0.05, 0.1) is 12.5 Å². The number of nitrogens with one attached hydrogen (secondary N) is 2. The first kappa shape index (κ1) is 15.3. The third kappa shape index (κ3) is 3.95. The maximum atomic E-state index is 12.2. The molecule has 6 nitrogen and oxygen atoms in total. The van der Waals surface area contributed by atoms with Gasteiger partial charge in [0.25, 0.3) is 0 Å². The molecule has 2 N–H and O–H groups in total. The molecule has 1 atom stereocenters. The standard InChI is InChI=1S/C15H20N2O4/c1-15(7-8-16-10-15)14(19)17-11-3-5-12(6-4-11)21-9-13(18)20-2/h3-6,16H,7-10H2,1-2H3,(H,17,19). The Bertz CT molecular complexity index is 507. The van der Waals surface area contributed by atoms with Crippen molar-refractivity contribution in [3.05, 3.63) is 24.3 Å². The predicted molar refractivity (Wildman–Crippen MR) is 78.2 cm³/mol. The molecule has 0 aliphatic carbocycles. The Hall–Kier alpha value is -2.08. The quantitative estimate of drug-likeness (QED) is 0.797. The summed E-state index contributed by atoms with van der Waals surface area (Å²) in [5.74, 6) is 0.122. The van der Waals surface area contributed by atoms with E-state index in [2.05, 4.69) is 15.4 Å². The van der Waals surface area contributed by atoms with E-state index in [4.69, 9.17) is 4.74 Å². The molecule has 0 radical (unpaired) electrons. The van der Waals surface area contributed by atoms with Crippen molar-refractivity contribution in [2.75, 3.05) is 32.1 Å². The van der Waals surface area contributed by atoms with E-state index < -0.39 is 5.97 Å². The second-order valence-corrected chi connectivity index (χ2v) is 5.33. The lowest BCUT2D eigenvalue weighted by Crippen LogP contribution is -2.35. The average Bonchev–Trinajstić information content (AvgIpc) is 2.94. The number of carbonyl (C=O) groups is 2. The predicted octanol–water partition coefficient (Wildman–Crippen LogP) is 1.18. The highest BCUT2D eigenvalue weighted by molar-refractivity contribution is 5.95. The number of esters is 1. The van der Waals surface area contributed by atoms with Gasteiger partial charge < -0.3 is 20.1 Å². The molecule has 1 fully saturated rings. The number of hydrogen-bond donors (Lipinski definition) is 2. The van der Waals surface area contributed by atoms with Crippen molar-refractivity contribution >= 4 is 17.6 Å². The highest BCUT2D eigenvalue weighted by Gasteiger charge is 2.36. The van der Waals surface area contributed by atoms with Crippen LogP contribution < -0.4 is 15.4 Å². The molecule has 0 bridgehead atoms. The number of methoxy groups -OCH3 is 1. The highest BCUT2D eigenvalue weighted by atomic mass is 16.6. The Balaban J connectivity index is 1.90. The van der Waals surface area contributed by atoms with Crippen molar-refractivity contribution in [3.63, 3.8) is 0 Å². The summed E-state index contributed by atoms with van der Waals surface area (Å²) in [5, 5.41) is 6.10. The number of amides is 1. The Morgan fingerprint density at radius 1 is 1.33 bits per heavy atom. The van der Waals surface area contributed by atoms with Crippen molar-refractivity contribution in [1.82, 2.24) is 5.32 Å². The van der Waals surface area contributed by atoms with Crippen LogP contribution in [0.5, 0.6) is 5.75 Å². The lowest BCUT2D eigenvalue weighted by molar-refractivity contribution is -0.142. The zero-order valence-corrected chi connectivity index (χ0v) is 12.3. The highest BCUT2D eigenvalue weighted by Crippen LogP contribution is 2.26. The molecule has 6 heteroatoms. The zero-order valence-electron chi connectivity index (χ0n) is 12.3. The lowest BCUT2D eigenvalue weighted by atomic mass is 9.89. The third-order valence-corrected chi connectivity index (χ3v) is 3.61. The third-order valence-electron chi connectivity index (χ3n) is 3.61. The number of anilines is 1. The van der Waals surface area contributed by atoms with Crippen molar-refractivity contribution < 1.29 is 19.1 Å². The maximum Gasteiger partial charge on any atom is 0.343 e. The van der Waals surface area contributed by atoms with E-state index in [9.17, 15) is 9.59 Å². The molecule has 1 amide bonds. The summed E-state index contributed by atoms with van der Waals surface area (Å²) in [7, 11) is 1.31. The monoisotopic (exact) mass is 292 g/mol. The molecule has 1 unspecified atom stereocenters. The minimum Gasteiger partial charge on any atom is -0.482 e. The fraction of sp³-hybridized carbons (Fsp3) is 0.467. The summed E-state index contributed by atoms with van der Waals surface area (Å²) >= 11 is 0. The normalized spacial score (nSPS) is 20.9. The van der Waals surface area contributed by atoms with Gasteiger partial charge in [0.15, 0.2) is 6.61 Å². The Kier molecular flexibility index (Phi) is 4.80. The van der Waals surface area contributed by atoms with Crippen LogP contribution in [0.1, 0.15) is 13.3 Å². The van der Waals surface area contributed by atoms with E-state index in [1.165, 1.54) is 7.11 Å². The van der Waals surface area contributed by atoms with E-state index in [1.807, 2.05) is 6.92 Å². The SMILES string of the molecule is COC(=O)COc1ccc(NC(=O)C2(C)CCNC2)cc1. The first-order valence-electron chi connectivity index (χ1n) is 6.85. The van der Waals surface area contributed by atoms with E-state index in [-0.39, 0.29) is 17.9 Å². The largest absolute Gasteiger partial charge is 0.482 e. The summed E-state index contributed by atoms with van der Waals surface area (Å²) in [6.45, 7) is 3.38. The van der Waals surface area contributed by atoms with Crippen LogP contribution in [-0.2, 0) is 14.3 Å². The number of ether oxygens (including phenoxy) is 2. The maximum absolute atomic E-state index is 12.2. The first-order chi connectivity index (χ1) is 10.0. The van der Waals surface area contributed by atoms with Gasteiger partial charge >= 0.3 is 5.97 Å². The Labute approximate surface area is 123 Å². The number of rotatable bonds is 5. The number of hydrogen-bond acceptors (Lipinski definition) is 5. The Morgan fingerprint density at radius 3 is 2.62 bits per heavy atom. The number of carbonyl (C=O) groups excluding carboxylic acids is 2. The van der Waals surface area contributed by atoms with Gasteiger partial charge in [-0.3, -0.25) is 4.79 Å². The van der Waals surface area contributed by atoms with Gasteiger partial charge in [0.2, 0.25) is 5.91 Å². The van der Waals surface area contributed by atoms with Crippen molar-refractivity contribution in [3.8, 4) is 5.75 Å². The van der Waals surface area contributed by atoms with Crippen LogP contribution in [0.15, 0.2) is 24.3 Å². The minimum absolute atomic E-state index is 0.00993. The molecule has 21 heavy (non-hydrogen) atoms. The molecule has 0 aromatic heterocycles. The molecule has 1 aliphatic rings. The molecule has 1 heterocycles. The van der Waals surface area contributed by atoms with E-state index >= 15 is 0 Å². The topological polar surface area (TPSA) is 76.7 Å². The molecular formula is C15H20N2O4. The molecule has 1 saturated heterocycles. The molecule has 1 aromatic rings. The number of benzene rings is 1. The van der Waals surface area contributed by atoms with E-state index in [0.717, 1.165) is 13.0 Å². The average molecular weight is 292 g/mol. The van der Waals surface area contributed by atoms with Gasteiger partial charge in [-0.1, -0.05) is 0 Å². The van der Waals surface area contributed by atoms with Gasteiger partial charge in [0, 0.05) is 12.2 Å². The molecule has 2 rings (SSSR count). The summed E-state index contributed by atoms with van der Waals surface area (Å²) in [5.41, 5.74) is 0.346. The molecule has 1 aliphatic heterocycles. The molecule has 114 valence electrons. The van der Waals surface area contributed by atoms with Crippen LogP contribution in [0.2, 0.25) is 0 Å². The second kappa shape index (κ2) is 6.58. The molecule has 0 spiro atoms. The lowest BCUT2D eigenvalue weighted by Gasteiger charge is -2.21. The smallest absolute Gasteiger partial charge is 0.343 e. The molecule has 0 saturated carbocycles. The van der Waals surface area contributed by atoms with Crippen LogP contribution >= 0.6 is 0 Å². The van der Waals surface area contributed by atoms with Crippen molar-refractivity contribution in [2.45, 2.75) is 13.3 Å². The van der Waals surface area contributed by atoms with Crippen LogP contribution in [-0.4, -0.2) is 38.7 Å². The summed E-state index contributed by atoms with van der Waals surface area (Å²) in [4.78, 5) is 23.2. The molecule has 1 aromatic carbocycles. The van der Waals surface area contributed by atoms with Gasteiger partial charge in [-0.25, -0.2) is 4.79 Å². The van der Waals surface area contributed by atoms with Gasteiger partial charge in [0.1, 0.15) is 5.75 Å². The van der Waals surface area contributed by atoms with Gasteiger partial charge in [-0.15, -0.1) is 0 Å². The van der Waals surface area contributed by atoms with Crippen molar-refractivity contribution in [2.24, 2.45) is 5.41 Å². The van der Waals surface area contributed by atoms with Crippen LogP contribution in [0, 0.1) is 5.41 Å². The first-order valence-corrected chi connectivity index (χ1v) is 6.85. The summed E-state index contributed by atoms with van der Waals surface area (Å²) in [6.07, 6.45) is 0.832. The fourth-order valence-corrected chi connectivity index (χ4v) is 2.13. The van der Waals surface area contributed by atoms with Crippen LogP contribution in [0.3, 0.4) is 0 Å². The Morgan fingerprint density at radius 2 is 2.05 bits per heavy atom. The zero-order chi connectivity index (χ0) is 15.3. The van der Waals surface area contributed by atoms with Gasteiger partial charge in [-0.2, -0.15) is 0 Å². The van der Waals surface area contributed by atoms with Gasteiger partial charge in [-0.05, 0) is 44.2 Å². The van der Waals surface area contributed by atoms with E-state index in [0.29, 0.717) is 18.0 Å². The fourth-order valence-electron chi connectivity index (χ4n) is 2.13. The summed E-state index contributed by atoms with van der Waals surface area (Å²) < 4.78 is 9.73. The minimum atomic E-state index is -0.436. The van der Waals surface area contributed by atoms with E-state index in [1.54, 1.807) is 24.3 Å². The second-order valence-electron chi connectivity index (χ2n) is 5.33.